The zero-order chi connectivity index (χ0) is 21.0. The number of carbonyl (C=O) groups is 1. The standard InChI is InChI=1S/C20H32N4O4S/c1-16-4-5-17(2)19(14-16)21-20(25)23-7-6-18(15-23)24(29(3,26)27)9-8-22-10-12-28-13-11-22/h4-5,14,18H,6-13,15H2,1-3H3,(H,21,25). The van der Waals surface area contributed by atoms with Gasteiger partial charge in [0.25, 0.3) is 0 Å². The van der Waals surface area contributed by atoms with Crippen LogP contribution >= 0.6 is 0 Å². The molecule has 0 aromatic heterocycles. The molecule has 2 fully saturated rings. The van der Waals surface area contributed by atoms with Crippen LogP contribution in [0.1, 0.15) is 17.5 Å². The molecule has 0 spiro atoms. The van der Waals surface area contributed by atoms with E-state index in [2.05, 4.69) is 10.2 Å². The number of sulfonamides is 1. The summed E-state index contributed by atoms with van der Waals surface area (Å²) in [5, 5.41) is 2.97. The van der Waals surface area contributed by atoms with Gasteiger partial charge in [0.05, 0.1) is 19.5 Å². The van der Waals surface area contributed by atoms with E-state index in [1.54, 1.807) is 9.21 Å². The number of hydrogen-bond acceptors (Lipinski definition) is 5. The lowest BCUT2D eigenvalue weighted by molar-refractivity contribution is 0.0354. The molecule has 8 nitrogen and oxygen atoms in total. The lowest BCUT2D eigenvalue weighted by Crippen LogP contribution is -2.47. The van der Waals surface area contributed by atoms with Gasteiger partial charge in [0, 0.05) is 51.0 Å². The Kier molecular flexibility index (Phi) is 7.15. The largest absolute Gasteiger partial charge is 0.379 e. The van der Waals surface area contributed by atoms with Gasteiger partial charge in [-0.3, -0.25) is 4.90 Å². The third-order valence-corrected chi connectivity index (χ3v) is 6.99. The smallest absolute Gasteiger partial charge is 0.321 e. The maximum absolute atomic E-state index is 12.7. The Morgan fingerprint density at radius 3 is 2.66 bits per heavy atom. The molecule has 2 amide bonds. The van der Waals surface area contributed by atoms with Crippen molar-refractivity contribution in [3.8, 4) is 0 Å². The summed E-state index contributed by atoms with van der Waals surface area (Å²) in [5.41, 5.74) is 2.88. The van der Waals surface area contributed by atoms with Gasteiger partial charge in [-0.1, -0.05) is 12.1 Å². The van der Waals surface area contributed by atoms with Crippen LogP contribution in [0, 0.1) is 13.8 Å². The summed E-state index contributed by atoms with van der Waals surface area (Å²) in [4.78, 5) is 16.7. The summed E-state index contributed by atoms with van der Waals surface area (Å²) in [7, 11) is -3.35. The van der Waals surface area contributed by atoms with Crippen LogP contribution in [0.25, 0.3) is 0 Å². The van der Waals surface area contributed by atoms with Gasteiger partial charge in [0.15, 0.2) is 0 Å². The van der Waals surface area contributed by atoms with E-state index in [0.717, 1.165) is 29.9 Å². The zero-order valence-electron chi connectivity index (χ0n) is 17.6. The molecule has 0 radical (unpaired) electrons. The predicted molar refractivity (Wildman–Crippen MR) is 114 cm³/mol. The molecule has 1 aromatic rings. The van der Waals surface area contributed by atoms with Gasteiger partial charge < -0.3 is 15.0 Å². The van der Waals surface area contributed by atoms with Crippen LogP contribution in [0.4, 0.5) is 10.5 Å². The van der Waals surface area contributed by atoms with Gasteiger partial charge in [-0.05, 0) is 37.5 Å². The van der Waals surface area contributed by atoms with Crippen LogP contribution in [-0.2, 0) is 14.8 Å². The number of carbonyl (C=O) groups excluding carboxylic acids is 1. The summed E-state index contributed by atoms with van der Waals surface area (Å²) >= 11 is 0. The first-order chi connectivity index (χ1) is 13.7. The second kappa shape index (κ2) is 9.42. The molecule has 1 atom stereocenters. The molecule has 9 heteroatoms. The maximum Gasteiger partial charge on any atom is 0.321 e. The fourth-order valence-corrected chi connectivity index (χ4v) is 5.04. The normalized spacial score (nSPS) is 21.0. The minimum Gasteiger partial charge on any atom is -0.379 e. The highest BCUT2D eigenvalue weighted by Crippen LogP contribution is 2.21. The summed E-state index contributed by atoms with van der Waals surface area (Å²) < 4.78 is 31.7. The number of likely N-dealkylation sites (tertiary alicyclic amines) is 1. The highest BCUT2D eigenvalue weighted by molar-refractivity contribution is 7.88. The number of ether oxygens (including phenoxy) is 1. The van der Waals surface area contributed by atoms with E-state index in [0.29, 0.717) is 45.8 Å². The summed E-state index contributed by atoms with van der Waals surface area (Å²) in [5.74, 6) is 0. The molecule has 162 valence electrons. The van der Waals surface area contributed by atoms with Crippen LogP contribution in [-0.4, -0.2) is 93.3 Å². The topological polar surface area (TPSA) is 82.2 Å². The molecule has 2 aliphatic heterocycles. The minimum absolute atomic E-state index is 0.178. The fraction of sp³-hybridized carbons (Fsp3) is 0.650. The van der Waals surface area contributed by atoms with E-state index in [-0.39, 0.29) is 12.1 Å². The number of aryl methyl sites for hydroxylation is 2. The molecule has 2 heterocycles. The van der Waals surface area contributed by atoms with Gasteiger partial charge in [-0.25, -0.2) is 13.2 Å². The lowest BCUT2D eigenvalue weighted by atomic mass is 10.1. The number of nitrogens with one attached hydrogen (secondary N) is 1. The number of amides is 2. The van der Waals surface area contributed by atoms with E-state index in [9.17, 15) is 13.2 Å². The number of hydrogen-bond donors (Lipinski definition) is 1. The van der Waals surface area contributed by atoms with E-state index >= 15 is 0 Å². The van der Waals surface area contributed by atoms with Crippen LogP contribution in [0.3, 0.4) is 0 Å². The Balaban J connectivity index is 1.60. The summed E-state index contributed by atoms with van der Waals surface area (Å²) in [6.07, 6.45) is 1.90. The van der Waals surface area contributed by atoms with Crippen molar-refractivity contribution in [2.75, 3.05) is 64.1 Å². The molecular formula is C20H32N4O4S. The van der Waals surface area contributed by atoms with Crippen molar-refractivity contribution < 1.29 is 17.9 Å². The van der Waals surface area contributed by atoms with Crippen molar-refractivity contribution in [2.24, 2.45) is 0 Å². The lowest BCUT2D eigenvalue weighted by Gasteiger charge is -2.31. The predicted octanol–water partition coefficient (Wildman–Crippen LogP) is 1.50. The highest BCUT2D eigenvalue weighted by atomic mass is 32.2. The van der Waals surface area contributed by atoms with E-state index in [1.165, 1.54) is 6.26 Å². The molecule has 2 saturated heterocycles. The van der Waals surface area contributed by atoms with Gasteiger partial charge >= 0.3 is 6.03 Å². The molecule has 0 saturated carbocycles. The Morgan fingerprint density at radius 1 is 1.24 bits per heavy atom. The zero-order valence-corrected chi connectivity index (χ0v) is 18.4. The number of anilines is 1. The summed E-state index contributed by atoms with van der Waals surface area (Å²) in [6, 6.07) is 5.58. The van der Waals surface area contributed by atoms with Gasteiger partial charge in [0.1, 0.15) is 0 Å². The second-order valence-electron chi connectivity index (χ2n) is 7.96. The van der Waals surface area contributed by atoms with Crippen molar-refractivity contribution in [3.05, 3.63) is 29.3 Å². The first-order valence-corrected chi connectivity index (χ1v) is 12.0. The Bertz CT molecular complexity index is 824. The maximum atomic E-state index is 12.7. The molecule has 0 aliphatic carbocycles. The SMILES string of the molecule is Cc1ccc(C)c(NC(=O)N2CCC(N(CCN3CCOCC3)S(C)(=O)=O)C2)c1. The average molecular weight is 425 g/mol. The van der Waals surface area contributed by atoms with Crippen LogP contribution < -0.4 is 5.32 Å². The summed E-state index contributed by atoms with van der Waals surface area (Å²) in [6.45, 7) is 9.05. The molecule has 0 bridgehead atoms. The Morgan fingerprint density at radius 2 is 1.97 bits per heavy atom. The van der Waals surface area contributed by atoms with Crippen molar-refractivity contribution in [3.63, 3.8) is 0 Å². The number of urea groups is 1. The van der Waals surface area contributed by atoms with Gasteiger partial charge in [-0.2, -0.15) is 4.31 Å². The quantitative estimate of drug-likeness (QED) is 0.749. The second-order valence-corrected chi connectivity index (χ2v) is 9.90. The van der Waals surface area contributed by atoms with E-state index in [1.807, 2.05) is 32.0 Å². The van der Waals surface area contributed by atoms with Crippen molar-refractivity contribution in [1.82, 2.24) is 14.1 Å². The number of benzene rings is 1. The van der Waals surface area contributed by atoms with Crippen LogP contribution in [0.5, 0.6) is 0 Å². The molecular weight excluding hydrogens is 392 g/mol. The first kappa shape index (κ1) is 22.0. The number of rotatable bonds is 6. The van der Waals surface area contributed by atoms with Crippen molar-refractivity contribution in [1.29, 1.82) is 0 Å². The molecule has 1 unspecified atom stereocenters. The van der Waals surface area contributed by atoms with Gasteiger partial charge in [-0.15, -0.1) is 0 Å². The Hall–Kier alpha value is -1.68. The van der Waals surface area contributed by atoms with Crippen molar-refractivity contribution >= 4 is 21.7 Å². The van der Waals surface area contributed by atoms with Crippen LogP contribution in [0.15, 0.2) is 18.2 Å². The first-order valence-electron chi connectivity index (χ1n) is 10.1. The average Bonchev–Trinajstić information content (AvgIpc) is 3.14. The monoisotopic (exact) mass is 424 g/mol. The van der Waals surface area contributed by atoms with Crippen LogP contribution in [0.2, 0.25) is 0 Å². The molecule has 3 rings (SSSR count). The molecule has 2 aliphatic rings. The third kappa shape index (κ3) is 5.91. The van der Waals surface area contributed by atoms with Crippen molar-refractivity contribution in [2.45, 2.75) is 26.3 Å². The van der Waals surface area contributed by atoms with E-state index < -0.39 is 10.0 Å². The molecule has 1 aromatic carbocycles. The molecule has 29 heavy (non-hydrogen) atoms. The number of morpholine rings is 1. The van der Waals surface area contributed by atoms with E-state index in [4.69, 9.17) is 4.74 Å². The third-order valence-electron chi connectivity index (χ3n) is 5.66. The fourth-order valence-electron chi connectivity index (χ4n) is 3.91. The van der Waals surface area contributed by atoms with Gasteiger partial charge in [0.2, 0.25) is 10.0 Å². The minimum atomic E-state index is -3.35. The Labute approximate surface area is 173 Å². The molecule has 1 N–H and O–H groups in total. The highest BCUT2D eigenvalue weighted by Gasteiger charge is 2.35. The number of nitrogens with zero attached hydrogens (tertiary/aromatic N) is 3.